The van der Waals surface area contributed by atoms with Crippen molar-refractivity contribution in [3.8, 4) is 0 Å². The van der Waals surface area contributed by atoms with Crippen LogP contribution in [-0.4, -0.2) is 49.2 Å². The molecule has 4 aliphatic rings. The Labute approximate surface area is 187 Å². The number of nitrogens with zero attached hydrogens (tertiary/aromatic N) is 2. The first-order chi connectivity index (χ1) is 14.8. The number of benzene rings is 1. The molecule has 4 nitrogen and oxygen atoms in total. The van der Waals surface area contributed by atoms with Gasteiger partial charge in [-0.05, 0) is 75.0 Å². The van der Waals surface area contributed by atoms with Gasteiger partial charge in [0.05, 0.1) is 5.92 Å². The van der Waals surface area contributed by atoms with Crippen LogP contribution in [0.2, 0.25) is 0 Å². The van der Waals surface area contributed by atoms with Crippen LogP contribution in [0.15, 0.2) is 36.4 Å². The Hall–Kier alpha value is -1.81. The van der Waals surface area contributed by atoms with E-state index >= 15 is 0 Å². The minimum absolute atomic E-state index is 0.0296. The highest BCUT2D eigenvalue weighted by Gasteiger charge is 2.55. The first kappa shape index (κ1) is 21.1. The van der Waals surface area contributed by atoms with Crippen LogP contribution >= 0.6 is 0 Å². The molecule has 6 atom stereocenters. The first-order valence-corrected chi connectivity index (χ1v) is 12.3. The standard InChI is InChI=1S/C27H38N2O2/c1-18-7-5-9-21(13-18)29-12-11-28(16-20(29)3)17-23-22-14-24-19(2)8-6-10-27(24,4)15-25(22)31-26(23)30/h5,7,9,13,20,22-25H,2,6,8,10-12,14-17H2,1,3-4H3/t20-,22+,23-,24-,25+,27+/m0/s1. The number of hydrogen-bond donors (Lipinski definition) is 0. The van der Waals surface area contributed by atoms with Crippen molar-refractivity contribution in [3.63, 3.8) is 0 Å². The van der Waals surface area contributed by atoms with Crippen molar-refractivity contribution in [1.29, 1.82) is 0 Å². The van der Waals surface area contributed by atoms with E-state index in [9.17, 15) is 4.79 Å². The van der Waals surface area contributed by atoms with Crippen LogP contribution in [0.3, 0.4) is 0 Å². The summed E-state index contributed by atoms with van der Waals surface area (Å²) in [7, 11) is 0. The average molecular weight is 423 g/mol. The van der Waals surface area contributed by atoms with Gasteiger partial charge in [-0.2, -0.15) is 0 Å². The van der Waals surface area contributed by atoms with Crippen LogP contribution in [-0.2, 0) is 9.53 Å². The lowest BCUT2D eigenvalue weighted by Gasteiger charge is -2.50. The number of carbonyl (C=O) groups excluding carboxylic acids is 1. The molecule has 4 heteroatoms. The van der Waals surface area contributed by atoms with Gasteiger partial charge >= 0.3 is 5.97 Å². The molecule has 31 heavy (non-hydrogen) atoms. The number of hydrogen-bond acceptors (Lipinski definition) is 4. The summed E-state index contributed by atoms with van der Waals surface area (Å²) in [6.45, 7) is 15.2. The molecular weight excluding hydrogens is 384 g/mol. The van der Waals surface area contributed by atoms with Gasteiger partial charge in [0.1, 0.15) is 6.10 Å². The lowest BCUT2D eigenvalue weighted by Crippen LogP contribution is -2.54. The minimum atomic E-state index is 0.0296. The minimum Gasteiger partial charge on any atom is -0.462 e. The lowest BCUT2D eigenvalue weighted by molar-refractivity contribution is -0.146. The van der Waals surface area contributed by atoms with Gasteiger partial charge in [0, 0.05) is 43.8 Å². The smallest absolute Gasteiger partial charge is 0.310 e. The number of rotatable bonds is 3. The van der Waals surface area contributed by atoms with Gasteiger partial charge < -0.3 is 9.64 Å². The predicted octanol–water partition coefficient (Wildman–Crippen LogP) is 4.82. The SMILES string of the molecule is C=C1CCC[C@]2(C)C[C@H]3OC(=O)[C@@H](CN4CCN(c5cccc(C)c5)[C@@H](C)C4)[C@H]3C[C@@H]12. The van der Waals surface area contributed by atoms with Crippen molar-refractivity contribution in [2.24, 2.45) is 23.2 Å². The van der Waals surface area contributed by atoms with Gasteiger partial charge in [-0.1, -0.05) is 31.2 Å². The van der Waals surface area contributed by atoms with Gasteiger partial charge in [-0.15, -0.1) is 0 Å². The summed E-state index contributed by atoms with van der Waals surface area (Å²) in [6, 6.07) is 9.24. The van der Waals surface area contributed by atoms with Crippen molar-refractivity contribution in [3.05, 3.63) is 42.0 Å². The highest BCUT2D eigenvalue weighted by Crippen LogP contribution is 2.57. The Bertz CT molecular complexity index is 867. The zero-order chi connectivity index (χ0) is 21.8. The third kappa shape index (κ3) is 3.82. The summed E-state index contributed by atoms with van der Waals surface area (Å²) in [5.41, 5.74) is 4.32. The highest BCUT2D eigenvalue weighted by atomic mass is 16.6. The highest BCUT2D eigenvalue weighted by molar-refractivity contribution is 5.75. The van der Waals surface area contributed by atoms with E-state index in [0.717, 1.165) is 45.4 Å². The molecule has 2 heterocycles. The lowest BCUT2D eigenvalue weighted by atomic mass is 9.55. The summed E-state index contributed by atoms with van der Waals surface area (Å²) in [4.78, 5) is 17.9. The maximum absolute atomic E-state index is 12.9. The van der Waals surface area contributed by atoms with E-state index < -0.39 is 0 Å². The van der Waals surface area contributed by atoms with E-state index in [0.29, 0.717) is 17.9 Å². The summed E-state index contributed by atoms with van der Waals surface area (Å²) < 4.78 is 5.99. The molecule has 4 fully saturated rings. The summed E-state index contributed by atoms with van der Waals surface area (Å²) in [5.74, 6) is 1.01. The molecular formula is C27H38N2O2. The molecule has 0 unspecified atom stereocenters. The summed E-state index contributed by atoms with van der Waals surface area (Å²) >= 11 is 0. The average Bonchev–Trinajstić information content (AvgIpc) is 3.00. The summed E-state index contributed by atoms with van der Waals surface area (Å²) in [6.07, 6.45) is 5.89. The number of ether oxygens (including phenoxy) is 1. The second-order valence-corrected chi connectivity index (χ2v) is 11.0. The Morgan fingerprint density at radius 3 is 2.90 bits per heavy atom. The van der Waals surface area contributed by atoms with Crippen LogP contribution in [0.25, 0.3) is 0 Å². The number of piperazine rings is 1. The van der Waals surface area contributed by atoms with E-state index in [-0.39, 0.29) is 23.4 Å². The van der Waals surface area contributed by atoms with Crippen molar-refractivity contribution < 1.29 is 9.53 Å². The van der Waals surface area contributed by atoms with E-state index in [1.807, 2.05) is 0 Å². The van der Waals surface area contributed by atoms with Crippen molar-refractivity contribution in [1.82, 2.24) is 4.90 Å². The maximum atomic E-state index is 12.9. The molecule has 2 saturated heterocycles. The molecule has 5 rings (SSSR count). The van der Waals surface area contributed by atoms with E-state index in [1.165, 1.54) is 29.7 Å². The molecule has 168 valence electrons. The molecule has 2 aliphatic heterocycles. The number of anilines is 1. The fourth-order valence-electron chi connectivity index (χ4n) is 7.13. The topological polar surface area (TPSA) is 32.8 Å². The molecule has 0 amide bonds. The normalized spacial score (nSPS) is 38.5. The Balaban J connectivity index is 1.25. The molecule has 2 aliphatic carbocycles. The Kier molecular flexibility index (Phi) is 5.40. The van der Waals surface area contributed by atoms with Gasteiger partial charge in [-0.25, -0.2) is 0 Å². The second-order valence-electron chi connectivity index (χ2n) is 11.0. The monoisotopic (exact) mass is 422 g/mol. The van der Waals surface area contributed by atoms with Gasteiger partial charge in [0.15, 0.2) is 0 Å². The zero-order valence-electron chi connectivity index (χ0n) is 19.5. The number of esters is 1. The molecule has 0 radical (unpaired) electrons. The van der Waals surface area contributed by atoms with Gasteiger partial charge in [-0.3, -0.25) is 9.69 Å². The van der Waals surface area contributed by atoms with Crippen molar-refractivity contribution in [2.45, 2.75) is 65.0 Å². The van der Waals surface area contributed by atoms with Crippen LogP contribution < -0.4 is 4.90 Å². The predicted molar refractivity (Wildman–Crippen MR) is 125 cm³/mol. The van der Waals surface area contributed by atoms with Crippen LogP contribution in [0.4, 0.5) is 5.69 Å². The maximum Gasteiger partial charge on any atom is 0.310 e. The molecule has 1 aromatic carbocycles. The van der Waals surface area contributed by atoms with Crippen molar-refractivity contribution >= 4 is 11.7 Å². The number of aryl methyl sites for hydroxylation is 1. The van der Waals surface area contributed by atoms with Gasteiger partial charge in [0.25, 0.3) is 0 Å². The molecule has 2 saturated carbocycles. The Morgan fingerprint density at radius 2 is 2.13 bits per heavy atom. The van der Waals surface area contributed by atoms with E-state index in [4.69, 9.17) is 4.74 Å². The molecule has 0 bridgehead atoms. The largest absolute Gasteiger partial charge is 0.462 e. The van der Waals surface area contributed by atoms with E-state index in [1.54, 1.807) is 0 Å². The van der Waals surface area contributed by atoms with Gasteiger partial charge in [0.2, 0.25) is 0 Å². The third-order valence-corrected chi connectivity index (χ3v) is 8.82. The second kappa shape index (κ2) is 7.95. The molecule has 0 aromatic heterocycles. The fourth-order valence-corrected chi connectivity index (χ4v) is 7.13. The molecule has 0 spiro atoms. The van der Waals surface area contributed by atoms with E-state index in [2.05, 4.69) is 61.4 Å². The quantitative estimate of drug-likeness (QED) is 0.516. The molecule has 1 aromatic rings. The number of allylic oxidation sites excluding steroid dienone is 1. The zero-order valence-corrected chi connectivity index (χ0v) is 19.5. The van der Waals surface area contributed by atoms with Crippen LogP contribution in [0.1, 0.15) is 51.5 Å². The number of carbonyl (C=O) groups is 1. The molecule has 0 N–H and O–H groups in total. The first-order valence-electron chi connectivity index (χ1n) is 12.3. The fraction of sp³-hybridized carbons (Fsp3) is 0.667. The third-order valence-electron chi connectivity index (χ3n) is 8.82. The Morgan fingerprint density at radius 1 is 1.29 bits per heavy atom. The number of fused-ring (bicyclic) bond motifs is 2. The summed E-state index contributed by atoms with van der Waals surface area (Å²) in [5, 5.41) is 0. The van der Waals surface area contributed by atoms with Crippen LogP contribution in [0.5, 0.6) is 0 Å². The van der Waals surface area contributed by atoms with Crippen molar-refractivity contribution in [2.75, 3.05) is 31.1 Å². The van der Waals surface area contributed by atoms with Crippen LogP contribution in [0, 0.1) is 30.1 Å².